The predicted octanol–water partition coefficient (Wildman–Crippen LogP) is 3.74. The molecule has 0 saturated carbocycles. The van der Waals surface area contributed by atoms with E-state index in [2.05, 4.69) is 48.9 Å². The Hall–Kier alpha value is -3.89. The number of nitrogens with zero attached hydrogens (tertiary/aromatic N) is 7. The molecule has 1 amide bonds. The molecule has 0 radical (unpaired) electrons. The third-order valence-electron chi connectivity index (χ3n) is 7.81. The first-order valence-electron chi connectivity index (χ1n) is 13.8. The number of fused-ring (bicyclic) bond motifs is 2. The van der Waals surface area contributed by atoms with Gasteiger partial charge < -0.3 is 24.7 Å². The maximum Gasteiger partial charge on any atom is 0.246 e. The maximum atomic E-state index is 14.1. The van der Waals surface area contributed by atoms with Crippen molar-refractivity contribution in [1.29, 1.82) is 0 Å². The Morgan fingerprint density at radius 1 is 1.19 bits per heavy atom. The second-order valence-electron chi connectivity index (χ2n) is 10.4. The summed E-state index contributed by atoms with van der Waals surface area (Å²) in [6.45, 7) is 7.56. The van der Waals surface area contributed by atoms with Gasteiger partial charge in [-0.2, -0.15) is 10.1 Å². The molecule has 224 valence electrons. The minimum Gasteiger partial charge on any atom is -0.471 e. The van der Waals surface area contributed by atoms with Crippen LogP contribution >= 0.6 is 23.2 Å². The van der Waals surface area contributed by atoms with E-state index >= 15 is 0 Å². The number of hydrazine groups is 2. The second kappa shape index (κ2) is 12.4. The molecule has 2 saturated heterocycles. The molecule has 11 nitrogen and oxygen atoms in total. The lowest BCUT2D eigenvalue weighted by molar-refractivity contribution is -0.126. The molecule has 2 atom stereocenters. The lowest BCUT2D eigenvalue weighted by Crippen LogP contribution is -2.48. The van der Waals surface area contributed by atoms with Crippen molar-refractivity contribution in [2.75, 3.05) is 56.7 Å². The normalized spacial score (nSPS) is 20.4. The van der Waals surface area contributed by atoms with Crippen LogP contribution in [0.1, 0.15) is 12.0 Å². The fourth-order valence-corrected chi connectivity index (χ4v) is 5.99. The van der Waals surface area contributed by atoms with Crippen molar-refractivity contribution in [2.24, 2.45) is 5.92 Å². The Kier molecular flexibility index (Phi) is 8.41. The van der Waals surface area contributed by atoms with Crippen molar-refractivity contribution in [3.05, 3.63) is 58.6 Å². The number of benzene rings is 1. The fourth-order valence-electron chi connectivity index (χ4n) is 5.60. The van der Waals surface area contributed by atoms with Gasteiger partial charge in [0.05, 0.1) is 36.3 Å². The number of ether oxygens (including phenoxy) is 2. The summed E-state index contributed by atoms with van der Waals surface area (Å²) in [5.41, 5.74) is 5.28. The average molecular weight is 628 g/mol. The number of nitrogens with one attached hydrogen (secondary N) is 1. The van der Waals surface area contributed by atoms with Crippen molar-refractivity contribution >= 4 is 51.6 Å². The number of halogens is 3. The van der Waals surface area contributed by atoms with E-state index in [0.717, 1.165) is 5.56 Å². The maximum absolute atomic E-state index is 14.1. The molecule has 3 aromatic rings. The molecular weight excluding hydrogens is 598 g/mol. The molecule has 2 fully saturated rings. The third kappa shape index (κ3) is 5.99. The first-order chi connectivity index (χ1) is 20.8. The van der Waals surface area contributed by atoms with Gasteiger partial charge in [-0.25, -0.2) is 19.4 Å². The molecule has 0 bridgehead atoms. The minimum absolute atomic E-state index is 0.00224. The number of aromatic nitrogens is 3. The summed E-state index contributed by atoms with van der Waals surface area (Å²) in [4.78, 5) is 29.4. The highest BCUT2D eigenvalue weighted by atomic mass is 35.5. The Labute approximate surface area is 258 Å². The van der Waals surface area contributed by atoms with E-state index in [1.165, 1.54) is 25.6 Å². The number of methoxy groups -OCH3 is 1. The molecule has 5 heterocycles. The minimum atomic E-state index is -0.473. The van der Waals surface area contributed by atoms with Crippen LogP contribution in [0.4, 0.5) is 15.9 Å². The molecule has 1 N–H and O–H groups in total. The van der Waals surface area contributed by atoms with E-state index in [0.29, 0.717) is 79.8 Å². The number of pyridine rings is 1. The highest BCUT2D eigenvalue weighted by Crippen LogP contribution is 2.36. The lowest BCUT2D eigenvalue weighted by atomic mass is 10.0. The molecule has 0 spiro atoms. The van der Waals surface area contributed by atoms with Crippen molar-refractivity contribution < 1.29 is 18.7 Å². The molecule has 3 aliphatic heterocycles. The molecule has 0 aliphatic carbocycles. The molecular formula is C29H29Cl2FN8O3. The van der Waals surface area contributed by atoms with Gasteiger partial charge >= 0.3 is 0 Å². The van der Waals surface area contributed by atoms with Gasteiger partial charge in [0.2, 0.25) is 11.8 Å². The highest BCUT2D eigenvalue weighted by molar-refractivity contribution is 6.32. The monoisotopic (exact) mass is 626 g/mol. The van der Waals surface area contributed by atoms with Gasteiger partial charge in [0, 0.05) is 51.1 Å². The SMILES string of the molecule is C=CC(=O)N1CCN(c2ncnc3nc(OC4CN(N5Cc6cc(Cl)c(F)cc6N5)CC4CC#COC)c(Cl)cc23)CC1. The number of carbonyl (C=O) groups is 1. The van der Waals surface area contributed by atoms with E-state index in [4.69, 9.17) is 32.7 Å². The molecule has 43 heavy (non-hydrogen) atoms. The summed E-state index contributed by atoms with van der Waals surface area (Å²) < 4.78 is 25.4. The second-order valence-corrected chi connectivity index (χ2v) is 11.2. The molecule has 14 heteroatoms. The van der Waals surface area contributed by atoms with Crippen molar-refractivity contribution in [3.63, 3.8) is 0 Å². The highest BCUT2D eigenvalue weighted by Gasteiger charge is 2.39. The van der Waals surface area contributed by atoms with Crippen LogP contribution in [0, 0.1) is 23.8 Å². The summed E-state index contributed by atoms with van der Waals surface area (Å²) >= 11 is 12.8. The van der Waals surface area contributed by atoms with Crippen molar-refractivity contribution in [1.82, 2.24) is 30.0 Å². The topological polar surface area (TPSA) is 99.2 Å². The molecule has 2 aromatic heterocycles. The van der Waals surface area contributed by atoms with E-state index in [9.17, 15) is 9.18 Å². The van der Waals surface area contributed by atoms with Crippen molar-refractivity contribution in [2.45, 2.75) is 19.1 Å². The van der Waals surface area contributed by atoms with Gasteiger partial charge in [0.25, 0.3) is 0 Å². The van der Waals surface area contributed by atoms with Gasteiger partial charge in [-0.05, 0) is 23.8 Å². The van der Waals surface area contributed by atoms with Crippen LogP contribution in [0.2, 0.25) is 10.0 Å². The Morgan fingerprint density at radius 2 is 2.00 bits per heavy atom. The summed E-state index contributed by atoms with van der Waals surface area (Å²) in [6.07, 6.45) is 5.67. The Balaban J connectivity index is 1.20. The fraction of sp³-hybridized carbons (Fsp3) is 0.379. The summed E-state index contributed by atoms with van der Waals surface area (Å²) in [7, 11) is 1.52. The van der Waals surface area contributed by atoms with Gasteiger partial charge in [-0.15, -0.1) is 0 Å². The first kappa shape index (κ1) is 29.2. The van der Waals surface area contributed by atoms with Crippen LogP contribution in [-0.4, -0.2) is 88.4 Å². The largest absolute Gasteiger partial charge is 0.471 e. The van der Waals surface area contributed by atoms with E-state index in [-0.39, 0.29) is 28.8 Å². The van der Waals surface area contributed by atoms with Crippen LogP contribution in [0.15, 0.2) is 37.2 Å². The van der Waals surface area contributed by atoms with E-state index < -0.39 is 5.82 Å². The van der Waals surface area contributed by atoms with Gasteiger partial charge in [-0.3, -0.25) is 4.79 Å². The van der Waals surface area contributed by atoms with E-state index in [1.807, 2.05) is 5.12 Å². The zero-order valence-corrected chi connectivity index (χ0v) is 24.9. The standard InChI is InChI=1S/C29H29Cl2FN8O3/c1-3-26(41)37-6-8-38(9-7-37)28-20-12-22(31)29(35-27(20)33-17-34-28)43-25-16-39(14-18(25)5-4-10-42-2)40-15-19-11-21(30)23(32)13-24(19)36-40/h3,11-13,17-18,25,36H,1,5-9,14-16H2,2H3. The third-order valence-corrected chi connectivity index (χ3v) is 8.37. The van der Waals surface area contributed by atoms with Crippen molar-refractivity contribution in [3.8, 4) is 17.9 Å². The molecule has 2 unspecified atom stereocenters. The number of amides is 1. The van der Waals surface area contributed by atoms with Crippen LogP contribution in [0.5, 0.6) is 5.88 Å². The number of carbonyl (C=O) groups excluding carboxylic acids is 1. The number of hydrogen-bond acceptors (Lipinski definition) is 10. The zero-order chi connectivity index (χ0) is 30.1. The number of anilines is 2. The Morgan fingerprint density at radius 3 is 2.77 bits per heavy atom. The molecule has 1 aromatic carbocycles. The molecule has 3 aliphatic rings. The predicted molar refractivity (Wildman–Crippen MR) is 161 cm³/mol. The number of rotatable bonds is 6. The summed E-state index contributed by atoms with van der Waals surface area (Å²) in [6, 6.07) is 4.82. The number of hydrogen-bond donors (Lipinski definition) is 1. The molecule has 6 rings (SSSR count). The van der Waals surface area contributed by atoms with Gasteiger partial charge in [0.1, 0.15) is 35.2 Å². The zero-order valence-electron chi connectivity index (χ0n) is 23.4. The lowest BCUT2D eigenvalue weighted by Gasteiger charge is -2.35. The first-order valence-corrected chi connectivity index (χ1v) is 14.5. The van der Waals surface area contributed by atoms with Crippen LogP contribution in [-0.2, 0) is 16.1 Å². The van der Waals surface area contributed by atoms with Crippen LogP contribution in [0.3, 0.4) is 0 Å². The van der Waals surface area contributed by atoms with Gasteiger partial charge in [-0.1, -0.05) is 35.7 Å². The van der Waals surface area contributed by atoms with E-state index in [1.54, 1.807) is 17.0 Å². The Bertz CT molecular complexity index is 1590. The average Bonchev–Trinajstić information content (AvgIpc) is 3.61. The quantitative estimate of drug-likeness (QED) is 0.322. The number of piperazine rings is 1. The van der Waals surface area contributed by atoms with Gasteiger partial charge in [0.15, 0.2) is 5.65 Å². The van der Waals surface area contributed by atoms with Crippen LogP contribution < -0.4 is 15.1 Å². The summed E-state index contributed by atoms with van der Waals surface area (Å²) in [5, 5.41) is 5.15. The smallest absolute Gasteiger partial charge is 0.246 e. The summed E-state index contributed by atoms with van der Waals surface area (Å²) in [5.74, 6) is 3.45. The van der Waals surface area contributed by atoms with Crippen LogP contribution in [0.25, 0.3) is 11.0 Å².